The Morgan fingerprint density at radius 1 is 1.00 bits per heavy atom. The van der Waals surface area contributed by atoms with Crippen molar-refractivity contribution < 1.29 is 23.8 Å². The smallest absolute Gasteiger partial charge is 0.355 e. The summed E-state index contributed by atoms with van der Waals surface area (Å²) < 4.78 is 15.4. The summed E-state index contributed by atoms with van der Waals surface area (Å²) in [5.74, 6) is -0.545. The average Bonchev–Trinajstić information content (AvgIpc) is 2.90. The molecule has 0 spiro atoms. The van der Waals surface area contributed by atoms with Gasteiger partial charge in [0.1, 0.15) is 18.1 Å². The van der Waals surface area contributed by atoms with Crippen LogP contribution in [0.2, 0.25) is 0 Å². The third-order valence-corrected chi connectivity index (χ3v) is 3.81. The summed E-state index contributed by atoms with van der Waals surface area (Å²) in [7, 11) is 6.49. The van der Waals surface area contributed by atoms with Crippen LogP contribution in [0.3, 0.4) is 0 Å². The standard InChI is InChI=1S/C20H24N2O5/c1-21(2)13-14-27-16-10-8-15(9-11-16)22-12-6-5-7-17(19(23)25-3)18(22)20(24)26-4/h5-12H,13-14H2,1-4H3. The Balaban J connectivity index is 2.33. The number of hydrogen-bond acceptors (Lipinski definition) is 7. The van der Waals surface area contributed by atoms with E-state index in [0.717, 1.165) is 6.54 Å². The van der Waals surface area contributed by atoms with Crippen LogP contribution in [0.5, 0.6) is 5.75 Å². The fraction of sp³-hybridized carbons (Fsp3) is 0.300. The number of carbonyl (C=O) groups is 2. The molecule has 7 nitrogen and oxygen atoms in total. The van der Waals surface area contributed by atoms with Crippen LogP contribution < -0.4 is 9.64 Å². The highest BCUT2D eigenvalue weighted by Gasteiger charge is 2.27. The largest absolute Gasteiger partial charge is 0.492 e. The van der Waals surface area contributed by atoms with Crippen LogP contribution in [0.4, 0.5) is 5.69 Å². The number of methoxy groups -OCH3 is 2. The molecule has 0 fully saturated rings. The van der Waals surface area contributed by atoms with Crippen LogP contribution in [0.25, 0.3) is 0 Å². The van der Waals surface area contributed by atoms with E-state index in [4.69, 9.17) is 14.2 Å². The Kier molecular flexibility index (Phi) is 7.19. The molecule has 0 N–H and O–H groups in total. The molecule has 1 aromatic carbocycles. The number of benzene rings is 1. The maximum Gasteiger partial charge on any atom is 0.355 e. The van der Waals surface area contributed by atoms with Crippen LogP contribution in [0, 0.1) is 0 Å². The van der Waals surface area contributed by atoms with Gasteiger partial charge >= 0.3 is 11.9 Å². The second kappa shape index (κ2) is 9.59. The van der Waals surface area contributed by atoms with Gasteiger partial charge in [0, 0.05) is 18.4 Å². The maximum absolute atomic E-state index is 12.4. The van der Waals surface area contributed by atoms with Gasteiger partial charge in [-0.1, -0.05) is 6.08 Å². The number of nitrogens with zero attached hydrogens (tertiary/aromatic N) is 2. The zero-order valence-corrected chi connectivity index (χ0v) is 16.0. The summed E-state index contributed by atoms with van der Waals surface area (Å²) in [5, 5.41) is 0. The fourth-order valence-corrected chi connectivity index (χ4v) is 2.41. The number of allylic oxidation sites excluding steroid dienone is 2. The van der Waals surface area contributed by atoms with Crippen LogP contribution in [-0.2, 0) is 19.1 Å². The zero-order chi connectivity index (χ0) is 19.8. The van der Waals surface area contributed by atoms with Crippen LogP contribution in [0.15, 0.2) is 60.0 Å². The molecule has 1 aliphatic heterocycles. The molecule has 1 heterocycles. The molecule has 7 heteroatoms. The zero-order valence-electron chi connectivity index (χ0n) is 16.0. The minimum atomic E-state index is -0.641. The molecule has 0 aromatic heterocycles. The van der Waals surface area contributed by atoms with E-state index in [1.54, 1.807) is 35.4 Å². The van der Waals surface area contributed by atoms with Crippen molar-refractivity contribution >= 4 is 17.6 Å². The minimum absolute atomic E-state index is 0.0793. The molecule has 1 aromatic rings. The Hall–Kier alpha value is -3.06. The van der Waals surface area contributed by atoms with E-state index in [9.17, 15) is 9.59 Å². The van der Waals surface area contributed by atoms with Gasteiger partial charge in [-0.2, -0.15) is 0 Å². The van der Waals surface area contributed by atoms with Crippen molar-refractivity contribution in [3.05, 3.63) is 60.0 Å². The molecule has 0 saturated heterocycles. The number of rotatable bonds is 7. The predicted octanol–water partition coefficient (Wildman–Crippen LogP) is 2.12. The molecular weight excluding hydrogens is 348 g/mol. The second-order valence-corrected chi connectivity index (χ2v) is 5.96. The predicted molar refractivity (Wildman–Crippen MR) is 102 cm³/mol. The maximum atomic E-state index is 12.4. The molecule has 0 saturated carbocycles. The third-order valence-electron chi connectivity index (χ3n) is 3.81. The minimum Gasteiger partial charge on any atom is -0.492 e. The number of anilines is 1. The molecule has 144 valence electrons. The highest BCUT2D eigenvalue weighted by molar-refractivity contribution is 6.05. The summed E-state index contributed by atoms with van der Waals surface area (Å²) in [6.45, 7) is 1.37. The quantitative estimate of drug-likeness (QED) is 0.679. The van der Waals surface area contributed by atoms with E-state index in [1.165, 1.54) is 20.3 Å². The van der Waals surface area contributed by atoms with Gasteiger partial charge in [0.15, 0.2) is 0 Å². The van der Waals surface area contributed by atoms with Gasteiger partial charge < -0.3 is 24.0 Å². The first-order chi connectivity index (χ1) is 13.0. The summed E-state index contributed by atoms with van der Waals surface area (Å²) in [4.78, 5) is 28.1. The molecule has 0 atom stereocenters. The van der Waals surface area contributed by atoms with E-state index in [-0.39, 0.29) is 11.3 Å². The van der Waals surface area contributed by atoms with Gasteiger partial charge in [-0.25, -0.2) is 9.59 Å². The molecule has 2 rings (SSSR count). The van der Waals surface area contributed by atoms with Gasteiger partial charge in [-0.3, -0.25) is 0 Å². The first kappa shape index (κ1) is 20.3. The highest BCUT2D eigenvalue weighted by atomic mass is 16.5. The Morgan fingerprint density at radius 2 is 1.67 bits per heavy atom. The summed E-state index contributed by atoms with van der Waals surface area (Å²) in [6, 6.07) is 7.23. The number of hydrogen-bond donors (Lipinski definition) is 0. The number of likely N-dealkylation sites (N-methyl/N-ethyl adjacent to an activating group) is 1. The molecule has 0 unspecified atom stereocenters. The lowest BCUT2D eigenvalue weighted by molar-refractivity contribution is -0.139. The van der Waals surface area contributed by atoms with Crippen LogP contribution in [-0.4, -0.2) is 58.3 Å². The van der Waals surface area contributed by atoms with Gasteiger partial charge in [-0.05, 0) is 50.5 Å². The van der Waals surface area contributed by atoms with Crippen molar-refractivity contribution in [2.45, 2.75) is 0 Å². The normalized spacial score (nSPS) is 13.6. The molecule has 1 aliphatic rings. The van der Waals surface area contributed by atoms with E-state index in [2.05, 4.69) is 0 Å². The first-order valence-electron chi connectivity index (χ1n) is 8.40. The topological polar surface area (TPSA) is 68.3 Å². The van der Waals surface area contributed by atoms with Crippen molar-refractivity contribution in [2.24, 2.45) is 0 Å². The van der Waals surface area contributed by atoms with E-state index in [1.807, 2.05) is 31.1 Å². The molecular formula is C20H24N2O5. The lowest BCUT2D eigenvalue weighted by Crippen LogP contribution is -2.26. The van der Waals surface area contributed by atoms with Crippen molar-refractivity contribution in [1.82, 2.24) is 4.90 Å². The monoisotopic (exact) mass is 372 g/mol. The van der Waals surface area contributed by atoms with E-state index >= 15 is 0 Å². The van der Waals surface area contributed by atoms with Gasteiger partial charge in [0.05, 0.1) is 19.8 Å². The van der Waals surface area contributed by atoms with E-state index in [0.29, 0.717) is 18.0 Å². The average molecular weight is 372 g/mol. The summed E-state index contributed by atoms with van der Waals surface area (Å²) in [5.41, 5.74) is 0.869. The van der Waals surface area contributed by atoms with Gasteiger partial charge in [-0.15, -0.1) is 0 Å². The highest BCUT2D eigenvalue weighted by Crippen LogP contribution is 2.27. The van der Waals surface area contributed by atoms with Crippen molar-refractivity contribution in [3.8, 4) is 5.75 Å². The van der Waals surface area contributed by atoms with E-state index < -0.39 is 11.9 Å². The Bertz CT molecular complexity index is 763. The van der Waals surface area contributed by atoms with Crippen molar-refractivity contribution in [1.29, 1.82) is 0 Å². The third kappa shape index (κ3) is 5.21. The SMILES string of the molecule is COC(=O)C1=C(C(=O)OC)N(c2ccc(OCCN(C)C)cc2)C=CC=C1. The van der Waals surface area contributed by atoms with Gasteiger partial charge in [0.2, 0.25) is 0 Å². The molecule has 0 amide bonds. The Labute approximate surface area is 159 Å². The molecule has 0 bridgehead atoms. The fourth-order valence-electron chi connectivity index (χ4n) is 2.41. The van der Waals surface area contributed by atoms with Crippen LogP contribution >= 0.6 is 0 Å². The lowest BCUT2D eigenvalue weighted by Gasteiger charge is -2.23. The summed E-state index contributed by atoms with van der Waals surface area (Å²) >= 11 is 0. The number of ether oxygens (including phenoxy) is 3. The second-order valence-electron chi connectivity index (χ2n) is 5.96. The first-order valence-corrected chi connectivity index (χ1v) is 8.40. The lowest BCUT2D eigenvalue weighted by atomic mass is 10.1. The summed E-state index contributed by atoms with van der Waals surface area (Å²) in [6.07, 6.45) is 6.59. The van der Waals surface area contributed by atoms with Crippen molar-refractivity contribution in [3.63, 3.8) is 0 Å². The molecule has 0 radical (unpaired) electrons. The Morgan fingerprint density at radius 3 is 2.26 bits per heavy atom. The van der Waals surface area contributed by atoms with Crippen molar-refractivity contribution in [2.75, 3.05) is 46.4 Å². The van der Waals surface area contributed by atoms with Crippen LogP contribution in [0.1, 0.15) is 0 Å². The number of esters is 2. The molecule has 0 aliphatic carbocycles. The number of carbonyl (C=O) groups excluding carboxylic acids is 2. The van der Waals surface area contributed by atoms with Gasteiger partial charge in [0.25, 0.3) is 0 Å². The molecule has 27 heavy (non-hydrogen) atoms.